The second kappa shape index (κ2) is 6.55. The zero-order valence-corrected chi connectivity index (χ0v) is 16.6. The Balaban J connectivity index is 2.07. The maximum Gasteiger partial charge on any atom is 0.212 e. The predicted octanol–water partition coefficient (Wildman–Crippen LogP) is 5.58. The fourth-order valence-electron chi connectivity index (χ4n) is 4.96. The summed E-state index contributed by atoms with van der Waals surface area (Å²) >= 11 is 0. The molecule has 1 heterocycles. The normalized spacial score (nSPS) is 29.2. The highest BCUT2D eigenvalue weighted by atomic mass is 19.1. The number of aryl methyl sites for hydroxylation is 3. The minimum absolute atomic E-state index is 0.172. The third-order valence-corrected chi connectivity index (χ3v) is 6.97. The van der Waals surface area contributed by atoms with Gasteiger partial charge in [-0.15, -0.1) is 0 Å². The fourth-order valence-corrected chi connectivity index (χ4v) is 4.96. The quantitative estimate of drug-likeness (QED) is 0.629. The van der Waals surface area contributed by atoms with Crippen LogP contribution < -0.4 is 4.57 Å². The lowest BCUT2D eigenvalue weighted by Gasteiger charge is -2.23. The molecule has 1 nitrogen and oxygen atoms in total. The lowest BCUT2D eigenvalue weighted by atomic mass is 9.81. The van der Waals surface area contributed by atoms with E-state index in [1.54, 1.807) is 12.1 Å². The average Bonchev–Trinajstić information content (AvgIpc) is 2.74. The molecule has 1 aliphatic carbocycles. The molecule has 0 spiro atoms. The predicted molar refractivity (Wildman–Crippen MR) is 102 cm³/mol. The molecule has 0 radical (unpaired) electrons. The number of hydrogen-bond acceptors (Lipinski definition) is 0. The van der Waals surface area contributed by atoms with Gasteiger partial charge in [0.25, 0.3) is 0 Å². The first-order valence-electron chi connectivity index (χ1n) is 9.49. The molecule has 1 aliphatic rings. The van der Waals surface area contributed by atoms with E-state index in [1.165, 1.54) is 11.1 Å². The number of benzene rings is 1. The third-order valence-electron chi connectivity index (χ3n) is 6.97. The maximum atomic E-state index is 13.5. The van der Waals surface area contributed by atoms with Crippen molar-refractivity contribution in [1.82, 2.24) is 0 Å². The molecule has 1 fully saturated rings. The summed E-state index contributed by atoms with van der Waals surface area (Å²) in [4.78, 5) is 0. The first-order valence-corrected chi connectivity index (χ1v) is 9.49. The second-order valence-corrected chi connectivity index (χ2v) is 8.33. The Morgan fingerprint density at radius 1 is 0.840 bits per heavy atom. The summed E-state index contributed by atoms with van der Waals surface area (Å²) < 4.78 is 15.7. The van der Waals surface area contributed by atoms with E-state index < -0.39 is 0 Å². The van der Waals surface area contributed by atoms with Crippen LogP contribution in [0.25, 0.3) is 11.3 Å². The van der Waals surface area contributed by atoms with Gasteiger partial charge in [0, 0.05) is 17.2 Å². The molecular formula is C23H31FN+. The van der Waals surface area contributed by atoms with Crippen LogP contribution in [0.3, 0.4) is 0 Å². The molecule has 2 aromatic rings. The summed E-state index contributed by atoms with van der Waals surface area (Å²) in [6, 6.07) is 7.34. The van der Waals surface area contributed by atoms with Gasteiger partial charge in [-0.3, -0.25) is 0 Å². The van der Waals surface area contributed by atoms with Crippen molar-refractivity contribution in [3.8, 4) is 11.3 Å². The molecule has 25 heavy (non-hydrogen) atoms. The van der Waals surface area contributed by atoms with Gasteiger partial charge < -0.3 is 0 Å². The van der Waals surface area contributed by atoms with Gasteiger partial charge in [-0.25, -0.2) is 8.96 Å². The van der Waals surface area contributed by atoms with Crippen LogP contribution in [-0.4, -0.2) is 0 Å². The highest BCUT2D eigenvalue weighted by Gasteiger charge is 2.43. The van der Waals surface area contributed by atoms with E-state index in [4.69, 9.17) is 0 Å². The zero-order chi connectivity index (χ0) is 18.5. The molecule has 1 saturated carbocycles. The van der Waals surface area contributed by atoms with Crippen molar-refractivity contribution in [2.45, 2.75) is 47.5 Å². The lowest BCUT2D eigenvalue weighted by molar-refractivity contribution is -0.661. The Morgan fingerprint density at radius 2 is 1.44 bits per heavy atom. The summed E-state index contributed by atoms with van der Waals surface area (Å²) in [6.45, 7) is 13.8. The van der Waals surface area contributed by atoms with Crippen molar-refractivity contribution < 1.29 is 8.96 Å². The Hall–Kier alpha value is -1.70. The molecule has 0 amide bonds. The van der Waals surface area contributed by atoms with E-state index in [0.717, 1.165) is 28.7 Å². The molecule has 0 saturated heterocycles. The molecule has 1 aromatic carbocycles. The van der Waals surface area contributed by atoms with E-state index in [1.807, 2.05) is 13.0 Å². The Morgan fingerprint density at radius 3 is 2.00 bits per heavy atom. The number of nitrogens with zero attached hydrogens (tertiary/aromatic N) is 1. The monoisotopic (exact) mass is 340 g/mol. The van der Waals surface area contributed by atoms with E-state index in [0.29, 0.717) is 17.8 Å². The van der Waals surface area contributed by atoms with Crippen LogP contribution in [0.4, 0.5) is 4.39 Å². The standard InChI is InChI=1S/C23H31FN/c1-13-10-19(24)8-9-20(13)22-11-14(2)21(12-25(22)7)23-17(5)15(3)16(4)18(23)6/h8-12,15-18,23H,1-7H3/q+1. The van der Waals surface area contributed by atoms with Gasteiger partial charge >= 0.3 is 0 Å². The summed E-state index contributed by atoms with van der Waals surface area (Å²) in [6.07, 6.45) is 2.32. The molecule has 4 unspecified atom stereocenters. The first kappa shape index (κ1) is 18.1. The van der Waals surface area contributed by atoms with Crippen LogP contribution >= 0.6 is 0 Å². The maximum absolute atomic E-state index is 13.5. The topological polar surface area (TPSA) is 3.88 Å². The van der Waals surface area contributed by atoms with E-state index in [9.17, 15) is 4.39 Å². The van der Waals surface area contributed by atoms with E-state index >= 15 is 0 Å². The molecule has 0 aliphatic heterocycles. The second-order valence-electron chi connectivity index (χ2n) is 8.33. The SMILES string of the molecule is Cc1cc(F)ccc1-c1cc(C)c(C2C(C)C(C)C(C)C2C)c[n+]1C. The number of halogens is 1. The molecule has 134 valence electrons. The number of hydrogen-bond donors (Lipinski definition) is 0. The molecule has 1 aromatic heterocycles. The largest absolute Gasteiger partial charge is 0.212 e. The highest BCUT2D eigenvalue weighted by molar-refractivity contribution is 5.61. The molecule has 0 N–H and O–H groups in total. The summed E-state index contributed by atoms with van der Waals surface area (Å²) in [5.74, 6) is 3.34. The van der Waals surface area contributed by atoms with Crippen LogP contribution in [0.15, 0.2) is 30.5 Å². The lowest BCUT2D eigenvalue weighted by Crippen LogP contribution is -2.33. The van der Waals surface area contributed by atoms with Gasteiger partial charge in [-0.2, -0.15) is 0 Å². The summed E-state index contributed by atoms with van der Waals surface area (Å²) in [5, 5.41) is 0. The number of pyridine rings is 1. The Kier molecular flexibility index (Phi) is 4.74. The third kappa shape index (κ3) is 3.01. The van der Waals surface area contributed by atoms with Crippen molar-refractivity contribution in [1.29, 1.82) is 0 Å². The van der Waals surface area contributed by atoms with Crippen LogP contribution in [-0.2, 0) is 7.05 Å². The van der Waals surface area contributed by atoms with Crippen molar-refractivity contribution in [2.75, 3.05) is 0 Å². The molecule has 2 heteroatoms. The van der Waals surface area contributed by atoms with E-state index in [-0.39, 0.29) is 5.82 Å². The van der Waals surface area contributed by atoms with Crippen LogP contribution in [0.5, 0.6) is 0 Å². The fraction of sp³-hybridized carbons (Fsp3) is 0.522. The zero-order valence-electron chi connectivity index (χ0n) is 16.6. The number of rotatable bonds is 2. The average molecular weight is 341 g/mol. The van der Waals surface area contributed by atoms with Gasteiger partial charge in [0.2, 0.25) is 5.69 Å². The van der Waals surface area contributed by atoms with Crippen molar-refractivity contribution in [3.63, 3.8) is 0 Å². The van der Waals surface area contributed by atoms with Crippen LogP contribution in [0.1, 0.15) is 50.3 Å². The van der Waals surface area contributed by atoms with Crippen molar-refractivity contribution in [3.05, 3.63) is 53.0 Å². The minimum atomic E-state index is -0.172. The Bertz CT molecular complexity index is 781. The summed E-state index contributed by atoms with van der Waals surface area (Å²) in [7, 11) is 2.11. The molecule has 0 bridgehead atoms. The Labute approximate surface area is 151 Å². The molecular weight excluding hydrogens is 309 g/mol. The van der Waals surface area contributed by atoms with Crippen molar-refractivity contribution in [2.24, 2.45) is 30.7 Å². The minimum Gasteiger partial charge on any atom is -0.207 e. The van der Waals surface area contributed by atoms with Gasteiger partial charge in [0.15, 0.2) is 6.20 Å². The van der Waals surface area contributed by atoms with Gasteiger partial charge in [-0.05, 0) is 72.8 Å². The van der Waals surface area contributed by atoms with Crippen LogP contribution in [0.2, 0.25) is 0 Å². The highest BCUT2D eigenvalue weighted by Crippen LogP contribution is 2.51. The van der Waals surface area contributed by atoms with Gasteiger partial charge in [0.05, 0.1) is 0 Å². The van der Waals surface area contributed by atoms with E-state index in [2.05, 4.69) is 58.5 Å². The smallest absolute Gasteiger partial charge is 0.207 e. The van der Waals surface area contributed by atoms with Crippen LogP contribution in [0, 0.1) is 43.3 Å². The summed E-state index contributed by atoms with van der Waals surface area (Å²) in [5.41, 5.74) is 6.06. The molecule has 3 rings (SSSR count). The molecule has 4 atom stereocenters. The van der Waals surface area contributed by atoms with Crippen molar-refractivity contribution >= 4 is 0 Å². The van der Waals surface area contributed by atoms with Gasteiger partial charge in [-0.1, -0.05) is 27.7 Å². The number of aromatic nitrogens is 1. The first-order chi connectivity index (χ1) is 11.7. The van der Waals surface area contributed by atoms with Gasteiger partial charge in [0.1, 0.15) is 12.9 Å².